The number of methoxy groups -OCH3 is 2. The number of nitrogens with one attached hydrogen (secondary N) is 1. The van der Waals surface area contributed by atoms with Gasteiger partial charge in [-0.25, -0.2) is 4.99 Å². The number of ether oxygens (including phenoxy) is 4. The van der Waals surface area contributed by atoms with Crippen molar-refractivity contribution in [3.8, 4) is 5.75 Å². The van der Waals surface area contributed by atoms with Gasteiger partial charge in [-0.05, 0) is 43.9 Å². The second-order valence-corrected chi connectivity index (χ2v) is 7.42. The molecule has 170 valence electrons. The zero-order chi connectivity index (χ0) is 21.4. The number of likely N-dealkylation sites (tertiary alicyclic amines) is 1. The van der Waals surface area contributed by atoms with Crippen LogP contribution in [0.5, 0.6) is 5.75 Å². The topological polar surface area (TPSA) is 64.6 Å². The molecule has 1 aromatic rings. The Morgan fingerprint density at radius 2 is 1.80 bits per heavy atom. The Bertz CT molecular complexity index is 604. The molecule has 2 rings (SSSR count). The highest BCUT2D eigenvalue weighted by molar-refractivity contribution is 5.80. The van der Waals surface area contributed by atoms with Crippen LogP contribution in [0.1, 0.15) is 38.2 Å². The number of hydrogen-bond donors (Lipinski definition) is 1. The number of guanidine groups is 1. The highest BCUT2D eigenvalue weighted by Gasteiger charge is 2.21. The van der Waals surface area contributed by atoms with Crippen LogP contribution in [0, 0.1) is 0 Å². The summed E-state index contributed by atoms with van der Waals surface area (Å²) in [6.07, 6.45) is 4.24. The third-order valence-corrected chi connectivity index (χ3v) is 4.99. The molecule has 1 aliphatic heterocycles. The SMILES string of the molecule is CCNC(=NCc1cccc(OCCCOC)c1)N1CCC(OCCCOC)CC1. The van der Waals surface area contributed by atoms with E-state index in [2.05, 4.69) is 29.3 Å². The molecule has 1 fully saturated rings. The first-order valence-electron chi connectivity index (χ1n) is 11.1. The highest BCUT2D eigenvalue weighted by Crippen LogP contribution is 2.16. The van der Waals surface area contributed by atoms with Crippen LogP contribution >= 0.6 is 0 Å². The fourth-order valence-electron chi connectivity index (χ4n) is 3.41. The molecule has 30 heavy (non-hydrogen) atoms. The standard InChI is InChI=1S/C23H39N3O4/c1-4-24-23(26-12-10-21(11-13-26)29-16-6-14-27-2)25-19-20-8-5-9-22(18-20)30-17-7-15-28-3/h5,8-9,18,21H,4,6-7,10-17,19H2,1-3H3,(H,24,25). The van der Waals surface area contributed by atoms with Crippen molar-refractivity contribution in [2.24, 2.45) is 4.99 Å². The first-order chi connectivity index (χ1) is 14.8. The van der Waals surface area contributed by atoms with Crippen molar-refractivity contribution < 1.29 is 18.9 Å². The number of piperidine rings is 1. The molecule has 0 amide bonds. The van der Waals surface area contributed by atoms with Crippen LogP contribution in [0.25, 0.3) is 0 Å². The van der Waals surface area contributed by atoms with Crippen molar-refractivity contribution in [1.29, 1.82) is 0 Å². The molecule has 0 atom stereocenters. The molecule has 0 saturated carbocycles. The van der Waals surface area contributed by atoms with Crippen LogP contribution < -0.4 is 10.1 Å². The summed E-state index contributed by atoms with van der Waals surface area (Å²) in [6, 6.07) is 8.17. The van der Waals surface area contributed by atoms with Crippen molar-refractivity contribution >= 4 is 5.96 Å². The van der Waals surface area contributed by atoms with E-state index in [1.165, 1.54) is 0 Å². The summed E-state index contributed by atoms with van der Waals surface area (Å²) < 4.78 is 21.9. The van der Waals surface area contributed by atoms with Gasteiger partial charge in [-0.1, -0.05) is 12.1 Å². The average Bonchev–Trinajstić information content (AvgIpc) is 2.78. The molecule has 0 aliphatic carbocycles. The van der Waals surface area contributed by atoms with E-state index in [9.17, 15) is 0 Å². The third kappa shape index (κ3) is 9.32. The molecule has 0 radical (unpaired) electrons. The van der Waals surface area contributed by atoms with Crippen LogP contribution in [0.15, 0.2) is 29.3 Å². The maximum atomic E-state index is 5.97. The largest absolute Gasteiger partial charge is 0.493 e. The van der Waals surface area contributed by atoms with Gasteiger partial charge in [0, 0.05) is 60.1 Å². The second kappa shape index (κ2) is 15.0. The number of benzene rings is 1. The number of hydrogen-bond acceptors (Lipinski definition) is 5. The van der Waals surface area contributed by atoms with Gasteiger partial charge in [-0.15, -0.1) is 0 Å². The van der Waals surface area contributed by atoms with E-state index in [0.717, 1.165) is 75.8 Å². The molecule has 0 bridgehead atoms. The molecule has 0 spiro atoms. The van der Waals surface area contributed by atoms with Crippen molar-refractivity contribution in [3.05, 3.63) is 29.8 Å². The van der Waals surface area contributed by atoms with Gasteiger partial charge in [0.25, 0.3) is 0 Å². The smallest absolute Gasteiger partial charge is 0.194 e. The lowest BCUT2D eigenvalue weighted by molar-refractivity contribution is 0.00990. The fourth-order valence-corrected chi connectivity index (χ4v) is 3.41. The van der Waals surface area contributed by atoms with Crippen molar-refractivity contribution in [2.45, 2.75) is 45.3 Å². The molecular weight excluding hydrogens is 382 g/mol. The van der Waals surface area contributed by atoms with Gasteiger partial charge < -0.3 is 29.2 Å². The minimum absolute atomic E-state index is 0.341. The van der Waals surface area contributed by atoms with Crippen LogP contribution in [0.4, 0.5) is 0 Å². The number of rotatable bonds is 13. The minimum atomic E-state index is 0.341. The minimum Gasteiger partial charge on any atom is -0.493 e. The summed E-state index contributed by atoms with van der Waals surface area (Å²) in [4.78, 5) is 7.21. The van der Waals surface area contributed by atoms with Crippen molar-refractivity contribution in [2.75, 3.05) is 60.3 Å². The van der Waals surface area contributed by atoms with Gasteiger partial charge in [0.1, 0.15) is 5.75 Å². The number of aliphatic imine (C=N–C) groups is 1. The summed E-state index contributed by atoms with van der Waals surface area (Å²) in [5.74, 6) is 1.86. The Hall–Kier alpha value is -1.83. The highest BCUT2D eigenvalue weighted by atomic mass is 16.5. The fraction of sp³-hybridized carbons (Fsp3) is 0.696. The Morgan fingerprint density at radius 1 is 1.07 bits per heavy atom. The van der Waals surface area contributed by atoms with Gasteiger partial charge in [0.05, 0.1) is 19.3 Å². The van der Waals surface area contributed by atoms with Gasteiger partial charge in [0.15, 0.2) is 5.96 Å². The van der Waals surface area contributed by atoms with Crippen molar-refractivity contribution in [1.82, 2.24) is 10.2 Å². The van der Waals surface area contributed by atoms with Crippen LogP contribution in [-0.2, 0) is 20.8 Å². The normalized spacial score (nSPS) is 15.4. The van der Waals surface area contributed by atoms with Crippen molar-refractivity contribution in [3.63, 3.8) is 0 Å². The maximum Gasteiger partial charge on any atom is 0.194 e. The first kappa shape index (κ1) is 24.4. The van der Waals surface area contributed by atoms with Crippen LogP contribution in [-0.4, -0.2) is 77.2 Å². The Balaban J connectivity index is 1.83. The average molecular weight is 422 g/mol. The molecule has 1 N–H and O–H groups in total. The molecule has 1 aliphatic rings. The van der Waals surface area contributed by atoms with Gasteiger partial charge >= 0.3 is 0 Å². The summed E-state index contributed by atoms with van der Waals surface area (Å²) in [5, 5.41) is 3.43. The third-order valence-electron chi connectivity index (χ3n) is 4.99. The monoisotopic (exact) mass is 421 g/mol. The zero-order valence-corrected chi connectivity index (χ0v) is 18.9. The van der Waals surface area contributed by atoms with E-state index in [-0.39, 0.29) is 0 Å². The summed E-state index contributed by atoms with van der Waals surface area (Å²) in [6.45, 7) is 8.42. The molecule has 0 unspecified atom stereocenters. The van der Waals surface area contributed by atoms with Crippen LogP contribution in [0.2, 0.25) is 0 Å². The van der Waals surface area contributed by atoms with E-state index in [1.54, 1.807) is 14.2 Å². The lowest BCUT2D eigenvalue weighted by atomic mass is 10.1. The van der Waals surface area contributed by atoms with E-state index in [0.29, 0.717) is 25.9 Å². The molecular formula is C23H39N3O4. The molecule has 0 aromatic heterocycles. The Labute approximate surface area is 181 Å². The Kier molecular flexibility index (Phi) is 12.3. The summed E-state index contributed by atoms with van der Waals surface area (Å²) >= 11 is 0. The van der Waals surface area contributed by atoms with Gasteiger partial charge in [-0.2, -0.15) is 0 Å². The number of nitrogens with zero attached hydrogens (tertiary/aromatic N) is 2. The predicted octanol–water partition coefficient (Wildman–Crippen LogP) is 3.08. The molecule has 1 heterocycles. The lowest BCUT2D eigenvalue weighted by Gasteiger charge is -2.34. The van der Waals surface area contributed by atoms with E-state index >= 15 is 0 Å². The molecule has 1 saturated heterocycles. The summed E-state index contributed by atoms with van der Waals surface area (Å²) in [5.41, 5.74) is 1.14. The quantitative estimate of drug-likeness (QED) is 0.300. The van der Waals surface area contributed by atoms with E-state index in [1.807, 2.05) is 12.1 Å². The first-order valence-corrected chi connectivity index (χ1v) is 11.1. The summed E-state index contributed by atoms with van der Waals surface area (Å²) in [7, 11) is 3.44. The van der Waals surface area contributed by atoms with E-state index in [4.69, 9.17) is 23.9 Å². The zero-order valence-electron chi connectivity index (χ0n) is 18.9. The van der Waals surface area contributed by atoms with Crippen LogP contribution in [0.3, 0.4) is 0 Å². The predicted molar refractivity (Wildman–Crippen MR) is 120 cm³/mol. The van der Waals surface area contributed by atoms with E-state index < -0.39 is 0 Å². The second-order valence-electron chi connectivity index (χ2n) is 7.42. The van der Waals surface area contributed by atoms with Gasteiger partial charge in [0.2, 0.25) is 0 Å². The molecule has 1 aromatic carbocycles. The molecule has 7 nitrogen and oxygen atoms in total. The van der Waals surface area contributed by atoms with Gasteiger partial charge in [-0.3, -0.25) is 0 Å². The maximum absolute atomic E-state index is 5.97. The molecule has 7 heteroatoms. The Morgan fingerprint density at radius 3 is 2.50 bits per heavy atom. The lowest BCUT2D eigenvalue weighted by Crippen LogP contribution is -2.47.